The molecule has 0 unspecified atom stereocenters. The van der Waals surface area contributed by atoms with Gasteiger partial charge < -0.3 is 10.4 Å². The number of hydrogen-bond acceptors (Lipinski definition) is 3. The van der Waals surface area contributed by atoms with Gasteiger partial charge in [0.05, 0.1) is 17.4 Å². The first-order chi connectivity index (χ1) is 17.9. The molecule has 4 heteroatoms. The number of benzene rings is 1. The monoisotopic (exact) mass is 514 g/mol. The lowest BCUT2D eigenvalue weighted by Crippen LogP contribution is -2.07. The Hall–Kier alpha value is -2.88. The summed E-state index contributed by atoms with van der Waals surface area (Å²) in [4.78, 5) is 15.2. The van der Waals surface area contributed by atoms with E-state index in [4.69, 9.17) is 0 Å². The second-order valence-corrected chi connectivity index (χ2v) is 7.40. The van der Waals surface area contributed by atoms with Gasteiger partial charge in [-0.1, -0.05) is 151 Å². The van der Waals surface area contributed by atoms with Crippen LogP contribution in [0.15, 0.2) is 67.1 Å². The van der Waals surface area contributed by atoms with Gasteiger partial charge >= 0.3 is 5.97 Å². The van der Waals surface area contributed by atoms with Crippen LogP contribution in [0.25, 0.3) is 5.57 Å². The van der Waals surface area contributed by atoms with E-state index in [1.807, 2.05) is 71.0 Å². The molecule has 0 saturated carbocycles. The number of rotatable bonds is 8. The summed E-state index contributed by atoms with van der Waals surface area (Å²) in [5.41, 5.74) is 3.13. The number of nitrogens with zero attached hydrogens (tertiary/aromatic N) is 1. The Kier molecular flexibility index (Phi) is 36.9. The van der Waals surface area contributed by atoms with Gasteiger partial charge in [-0.25, -0.2) is 4.79 Å². The van der Waals surface area contributed by atoms with Gasteiger partial charge in [-0.3, -0.25) is 4.98 Å². The van der Waals surface area contributed by atoms with Crippen LogP contribution < -0.4 is 5.32 Å². The summed E-state index contributed by atoms with van der Waals surface area (Å²) in [6.07, 6.45) is 12.8. The molecule has 212 valence electrons. The largest absolute Gasteiger partial charge is 0.478 e. The third-order valence-corrected chi connectivity index (χ3v) is 4.54. The van der Waals surface area contributed by atoms with Crippen LogP contribution in [-0.4, -0.2) is 16.1 Å². The molecule has 0 bridgehead atoms. The van der Waals surface area contributed by atoms with Crippen LogP contribution in [0.5, 0.6) is 0 Å². The lowest BCUT2D eigenvalue weighted by molar-refractivity contribution is 0.0698. The van der Waals surface area contributed by atoms with Crippen LogP contribution in [-0.2, 0) is 0 Å². The summed E-state index contributed by atoms with van der Waals surface area (Å²) in [5.74, 6) is -1.01. The van der Waals surface area contributed by atoms with E-state index >= 15 is 0 Å². The molecule has 1 heterocycles. The van der Waals surface area contributed by atoms with E-state index in [2.05, 4.69) is 58.4 Å². The first kappa shape index (κ1) is 41.3. The van der Waals surface area contributed by atoms with Crippen molar-refractivity contribution < 1.29 is 9.90 Å². The molecule has 1 aromatic carbocycles. The number of pyridine rings is 1. The van der Waals surface area contributed by atoms with Crippen LogP contribution >= 0.6 is 0 Å². The van der Waals surface area contributed by atoms with Gasteiger partial charge in [-0.2, -0.15) is 0 Å². The quantitative estimate of drug-likeness (QED) is 0.344. The average Bonchev–Trinajstić information content (AvgIpc) is 2.96. The predicted molar refractivity (Wildman–Crippen MR) is 168 cm³/mol. The Bertz CT molecular complexity index is 768. The first-order valence-electron chi connectivity index (χ1n) is 14.2. The van der Waals surface area contributed by atoms with Crippen molar-refractivity contribution in [2.45, 2.75) is 115 Å². The van der Waals surface area contributed by atoms with Gasteiger partial charge in [0.15, 0.2) is 0 Å². The van der Waals surface area contributed by atoms with Crippen molar-refractivity contribution in [2.24, 2.45) is 0 Å². The van der Waals surface area contributed by atoms with Gasteiger partial charge in [0.2, 0.25) is 0 Å². The summed E-state index contributed by atoms with van der Waals surface area (Å²) >= 11 is 0. The number of carboxylic acid groups (broad SMARTS) is 1. The molecule has 0 radical (unpaired) electrons. The maximum Gasteiger partial charge on any atom is 0.337 e. The molecule has 0 spiro atoms. The second kappa shape index (κ2) is 33.1. The molecule has 1 aromatic heterocycles. The predicted octanol–water partition coefficient (Wildman–Crippen LogP) is 11.3. The first-order valence-corrected chi connectivity index (χ1v) is 14.2. The molecule has 37 heavy (non-hydrogen) atoms. The van der Waals surface area contributed by atoms with E-state index in [1.54, 1.807) is 0 Å². The minimum atomic E-state index is -1.01. The van der Waals surface area contributed by atoms with E-state index < -0.39 is 5.97 Å². The van der Waals surface area contributed by atoms with Crippen molar-refractivity contribution in [1.29, 1.82) is 0 Å². The number of carbonyl (C=O) groups is 1. The number of aromatic carboxylic acids is 1. The third kappa shape index (κ3) is 23.3. The standard InChI is InChI=1S/C17H16N2O2.3C4H10.2C2H6/c1-3-14(13-7-5-4-6-8-13)12(2)19-16-11-18-10-9-15(16)17(20)21;3*1-3-4-2;2*1-2/h3-11,19H,2H2,1H3,(H,20,21);3*3-4H2,1-2H3;2*1-2H3/b14-3+;;;;;. The minimum absolute atomic E-state index is 0.162. The third-order valence-electron chi connectivity index (χ3n) is 4.54. The Labute approximate surface area is 230 Å². The summed E-state index contributed by atoms with van der Waals surface area (Å²) in [5, 5.41) is 12.2. The molecule has 2 N–H and O–H groups in total. The fraction of sp³-hybridized carbons (Fsp3) is 0.515. The highest BCUT2D eigenvalue weighted by Crippen LogP contribution is 2.24. The molecule has 2 rings (SSSR count). The number of carboxylic acids is 1. The van der Waals surface area contributed by atoms with Crippen LogP contribution in [0.4, 0.5) is 5.69 Å². The SMILES string of the molecule is C=C(Nc1cnccc1C(=O)O)/C(=C\C)c1ccccc1.CC.CC.CCCC.CCCC.CCCC. The maximum absolute atomic E-state index is 11.2. The Balaban J connectivity index is -0.000000281. The van der Waals surface area contributed by atoms with Gasteiger partial charge in [0, 0.05) is 17.5 Å². The van der Waals surface area contributed by atoms with Crippen LogP contribution in [0.1, 0.15) is 131 Å². The number of anilines is 1. The van der Waals surface area contributed by atoms with Crippen molar-refractivity contribution in [3.8, 4) is 0 Å². The summed E-state index contributed by atoms with van der Waals surface area (Å²) in [6.45, 7) is 27.0. The van der Waals surface area contributed by atoms with Gasteiger partial charge in [-0.15, -0.1) is 0 Å². The normalized spacial score (nSPS) is 9.00. The molecule has 0 aliphatic heterocycles. The van der Waals surface area contributed by atoms with Gasteiger partial charge in [-0.05, 0) is 18.6 Å². The molecule has 0 atom stereocenters. The Morgan fingerprint density at radius 1 is 0.838 bits per heavy atom. The zero-order valence-corrected chi connectivity index (χ0v) is 25.9. The van der Waals surface area contributed by atoms with Crippen molar-refractivity contribution in [2.75, 3.05) is 5.32 Å². The zero-order valence-electron chi connectivity index (χ0n) is 25.9. The highest BCUT2D eigenvalue weighted by Gasteiger charge is 2.12. The average molecular weight is 515 g/mol. The van der Waals surface area contributed by atoms with E-state index in [-0.39, 0.29) is 5.56 Å². The molecule has 0 aliphatic carbocycles. The molecular weight excluding hydrogens is 456 g/mol. The lowest BCUT2D eigenvalue weighted by atomic mass is 10.0. The highest BCUT2D eigenvalue weighted by atomic mass is 16.4. The van der Waals surface area contributed by atoms with E-state index in [0.717, 1.165) is 11.1 Å². The van der Waals surface area contributed by atoms with Crippen molar-refractivity contribution in [1.82, 2.24) is 4.98 Å². The maximum atomic E-state index is 11.2. The van der Waals surface area contributed by atoms with Crippen molar-refractivity contribution >= 4 is 17.2 Å². The summed E-state index contributed by atoms with van der Waals surface area (Å²) < 4.78 is 0. The number of hydrogen-bond donors (Lipinski definition) is 2. The molecule has 2 aromatic rings. The van der Waals surface area contributed by atoms with Crippen LogP contribution in [0, 0.1) is 0 Å². The fourth-order valence-corrected chi connectivity index (χ4v) is 2.04. The summed E-state index contributed by atoms with van der Waals surface area (Å²) in [7, 11) is 0. The minimum Gasteiger partial charge on any atom is -0.478 e. The van der Waals surface area contributed by atoms with Crippen LogP contribution in [0.2, 0.25) is 0 Å². The van der Waals surface area contributed by atoms with Crippen molar-refractivity contribution in [3.05, 3.63) is 78.3 Å². The fourth-order valence-electron chi connectivity index (χ4n) is 2.04. The number of allylic oxidation sites excluding steroid dienone is 2. The van der Waals surface area contributed by atoms with Gasteiger partial charge in [0.1, 0.15) is 0 Å². The number of unbranched alkanes of at least 4 members (excludes halogenated alkanes) is 3. The van der Waals surface area contributed by atoms with Crippen LogP contribution in [0.3, 0.4) is 0 Å². The molecule has 0 saturated heterocycles. The molecule has 0 fully saturated rings. The number of aromatic nitrogens is 1. The van der Waals surface area contributed by atoms with E-state index in [9.17, 15) is 9.90 Å². The lowest BCUT2D eigenvalue weighted by Gasteiger charge is -2.14. The Morgan fingerprint density at radius 2 is 1.27 bits per heavy atom. The van der Waals surface area contributed by atoms with Crippen molar-refractivity contribution in [3.63, 3.8) is 0 Å². The van der Waals surface area contributed by atoms with Gasteiger partial charge in [0.25, 0.3) is 0 Å². The smallest absolute Gasteiger partial charge is 0.337 e. The van der Waals surface area contributed by atoms with E-state index in [1.165, 1.54) is 57.0 Å². The molecule has 4 nitrogen and oxygen atoms in total. The molecular formula is C33H58N2O2. The summed E-state index contributed by atoms with van der Waals surface area (Å²) in [6, 6.07) is 11.2. The topological polar surface area (TPSA) is 62.2 Å². The highest BCUT2D eigenvalue weighted by molar-refractivity contribution is 5.95. The molecule has 0 amide bonds. The molecule has 0 aliphatic rings. The van der Waals surface area contributed by atoms with E-state index in [0.29, 0.717) is 11.4 Å². The number of nitrogens with one attached hydrogen (secondary N) is 1. The second-order valence-electron chi connectivity index (χ2n) is 7.40. The Morgan fingerprint density at radius 3 is 1.62 bits per heavy atom. The zero-order chi connectivity index (χ0) is 29.5.